The summed E-state index contributed by atoms with van der Waals surface area (Å²) in [7, 11) is 0. The van der Waals surface area contributed by atoms with Gasteiger partial charge in [0, 0.05) is 21.7 Å². The quantitative estimate of drug-likeness (QED) is 0.304. The Morgan fingerprint density at radius 2 is 2.00 bits per heavy atom. The smallest absolute Gasteiger partial charge is 0 e. The Kier molecular flexibility index (Phi) is 16.8. The van der Waals surface area contributed by atoms with Gasteiger partial charge >= 0.3 is 0 Å². The van der Waals surface area contributed by atoms with Crippen LogP contribution in [0, 0.1) is 5.75 Å². The van der Waals surface area contributed by atoms with Crippen LogP contribution in [0.2, 0.25) is 0 Å². The minimum atomic E-state index is 0. The molecule has 0 radical (unpaired) electrons. The van der Waals surface area contributed by atoms with Crippen LogP contribution < -0.4 is 0 Å². The molecule has 0 aliphatic heterocycles. The van der Waals surface area contributed by atoms with E-state index in [1.54, 1.807) is 0 Å². The van der Waals surface area contributed by atoms with Crippen LogP contribution >= 0.6 is 12.6 Å². The molecule has 0 aromatic carbocycles. The Balaban J connectivity index is 0. The van der Waals surface area contributed by atoms with Crippen molar-refractivity contribution >= 4 is 12.6 Å². The van der Waals surface area contributed by atoms with Gasteiger partial charge in [0.1, 0.15) is 0 Å². The molecule has 0 fully saturated rings. The van der Waals surface area contributed by atoms with Gasteiger partial charge in [0.25, 0.3) is 0 Å². The van der Waals surface area contributed by atoms with Gasteiger partial charge in [-0.1, -0.05) is 6.92 Å². The second-order valence-corrected chi connectivity index (χ2v) is 0.956. The Morgan fingerprint density at radius 3 is 2.00 bits per heavy atom. The van der Waals surface area contributed by atoms with E-state index in [-0.39, 0.29) is 21.7 Å². The molecule has 0 saturated carbocycles. The van der Waals surface area contributed by atoms with Gasteiger partial charge in [-0.15, -0.1) is 0 Å². The fourth-order valence-electron chi connectivity index (χ4n) is 0. The zero-order valence-electron chi connectivity index (χ0n) is 3.23. The molecular formula is C3H7STi-. The van der Waals surface area contributed by atoms with Crippen LogP contribution in [-0.4, -0.2) is 0 Å². The van der Waals surface area contributed by atoms with Crippen molar-refractivity contribution in [3.63, 3.8) is 0 Å². The zero-order chi connectivity index (χ0) is 3.41. The third kappa shape index (κ3) is 11.2. The predicted octanol–water partition coefficient (Wildman–Crippen LogP) is 1.49. The molecule has 0 amide bonds. The van der Waals surface area contributed by atoms with Crippen molar-refractivity contribution in [2.75, 3.05) is 0 Å². The van der Waals surface area contributed by atoms with E-state index in [9.17, 15) is 0 Å². The maximum atomic E-state index is 3.80. The summed E-state index contributed by atoms with van der Waals surface area (Å²) in [5.74, 6) is 1.82. The Morgan fingerprint density at radius 1 is 1.80 bits per heavy atom. The predicted molar refractivity (Wildman–Crippen MR) is 23.6 cm³/mol. The van der Waals surface area contributed by atoms with Gasteiger partial charge in [0.15, 0.2) is 0 Å². The number of rotatable bonds is 1. The van der Waals surface area contributed by atoms with Crippen LogP contribution in [0.1, 0.15) is 13.3 Å². The van der Waals surface area contributed by atoms with Gasteiger partial charge in [-0.3, -0.25) is 5.75 Å². The molecule has 0 rings (SSSR count). The van der Waals surface area contributed by atoms with Crippen LogP contribution in [0.25, 0.3) is 0 Å². The standard InChI is InChI=1S/C3H7S.Ti/c1-2-3-4;/h3-4H,2H2,1H3;/q-1;. The van der Waals surface area contributed by atoms with E-state index in [2.05, 4.69) is 12.6 Å². The largest absolute Gasteiger partial charge is 0.369 e. The molecule has 0 aromatic heterocycles. The first-order chi connectivity index (χ1) is 1.91. The second-order valence-electron chi connectivity index (χ2n) is 0.591. The summed E-state index contributed by atoms with van der Waals surface area (Å²) >= 11 is 3.80. The summed E-state index contributed by atoms with van der Waals surface area (Å²) in [6, 6.07) is 0. The average Bonchev–Trinajstić information content (AvgIpc) is 1.37. The average molecular weight is 123 g/mol. The molecule has 0 spiro atoms. The molecule has 30 valence electrons. The van der Waals surface area contributed by atoms with Gasteiger partial charge < -0.3 is 12.6 Å². The normalized spacial score (nSPS) is 6.00. The first kappa shape index (κ1) is 9.42. The zero-order valence-corrected chi connectivity index (χ0v) is 5.69. The van der Waals surface area contributed by atoms with Crippen molar-refractivity contribution in [1.29, 1.82) is 0 Å². The summed E-state index contributed by atoms with van der Waals surface area (Å²) in [5, 5.41) is 0. The van der Waals surface area contributed by atoms with E-state index >= 15 is 0 Å². The Hall–Kier alpha value is 1.06. The van der Waals surface area contributed by atoms with Gasteiger partial charge in [-0.25, -0.2) is 0 Å². The first-order valence-electron chi connectivity index (χ1n) is 1.37. The summed E-state index contributed by atoms with van der Waals surface area (Å²) in [5.41, 5.74) is 0. The van der Waals surface area contributed by atoms with E-state index in [0.29, 0.717) is 0 Å². The maximum Gasteiger partial charge on any atom is 0 e. The molecular weight excluding hydrogens is 116 g/mol. The second kappa shape index (κ2) is 8.91. The summed E-state index contributed by atoms with van der Waals surface area (Å²) < 4.78 is 0. The monoisotopic (exact) mass is 123 g/mol. The molecule has 2 heteroatoms. The fraction of sp³-hybridized carbons (Fsp3) is 0.667. The summed E-state index contributed by atoms with van der Waals surface area (Å²) in [6.07, 6.45) is 1.06. The van der Waals surface area contributed by atoms with Crippen molar-refractivity contribution in [3.8, 4) is 0 Å². The molecule has 0 nitrogen and oxygen atoms in total. The van der Waals surface area contributed by atoms with E-state index < -0.39 is 0 Å². The van der Waals surface area contributed by atoms with Crippen LogP contribution in [0.3, 0.4) is 0 Å². The van der Waals surface area contributed by atoms with E-state index in [1.165, 1.54) is 0 Å². The molecule has 0 aromatic rings. The van der Waals surface area contributed by atoms with Crippen molar-refractivity contribution in [1.82, 2.24) is 0 Å². The topological polar surface area (TPSA) is 0 Å². The Bertz CT molecular complexity index is 8.85. The number of hydrogen-bond donors (Lipinski definition) is 1. The van der Waals surface area contributed by atoms with E-state index in [0.717, 1.165) is 6.42 Å². The molecule has 0 bridgehead atoms. The first-order valence-corrected chi connectivity index (χ1v) is 1.89. The van der Waals surface area contributed by atoms with Crippen LogP contribution in [0.5, 0.6) is 0 Å². The third-order valence-corrected chi connectivity index (χ3v) is 0.548. The van der Waals surface area contributed by atoms with Gasteiger partial charge in [-0.2, -0.15) is 6.42 Å². The summed E-state index contributed by atoms with van der Waals surface area (Å²) in [4.78, 5) is 0. The van der Waals surface area contributed by atoms with Crippen molar-refractivity contribution in [3.05, 3.63) is 5.75 Å². The minimum absolute atomic E-state index is 0. The Labute approximate surface area is 53.6 Å². The minimum Gasteiger partial charge on any atom is -0.369 e. The molecule has 0 N–H and O–H groups in total. The van der Waals surface area contributed by atoms with Gasteiger partial charge in [-0.05, 0) is 0 Å². The van der Waals surface area contributed by atoms with Gasteiger partial charge in [0.05, 0.1) is 0 Å². The van der Waals surface area contributed by atoms with E-state index in [1.807, 2.05) is 12.7 Å². The molecule has 0 aliphatic carbocycles. The molecule has 0 saturated heterocycles. The van der Waals surface area contributed by atoms with Crippen LogP contribution in [0.4, 0.5) is 0 Å². The van der Waals surface area contributed by atoms with Crippen molar-refractivity contribution in [2.24, 2.45) is 0 Å². The molecule has 0 heterocycles. The van der Waals surface area contributed by atoms with Gasteiger partial charge in [0.2, 0.25) is 0 Å². The van der Waals surface area contributed by atoms with Crippen molar-refractivity contribution < 1.29 is 21.7 Å². The molecule has 0 unspecified atom stereocenters. The number of hydrogen-bond acceptors (Lipinski definition) is 1. The SMILES string of the molecule is CC[CH-]S.[Ti]. The third-order valence-electron chi connectivity index (χ3n) is 0.183. The van der Waals surface area contributed by atoms with Crippen LogP contribution in [0.15, 0.2) is 0 Å². The molecule has 0 atom stereocenters. The summed E-state index contributed by atoms with van der Waals surface area (Å²) in [6.45, 7) is 2.05. The number of thiol groups is 1. The van der Waals surface area contributed by atoms with Crippen molar-refractivity contribution in [2.45, 2.75) is 13.3 Å². The molecule has 0 aliphatic rings. The fourth-order valence-corrected chi connectivity index (χ4v) is 0. The molecule has 5 heavy (non-hydrogen) atoms. The van der Waals surface area contributed by atoms with Crippen LogP contribution in [-0.2, 0) is 21.7 Å². The van der Waals surface area contributed by atoms with E-state index in [4.69, 9.17) is 0 Å². The maximum absolute atomic E-state index is 3.80.